The molecule has 0 radical (unpaired) electrons. The first-order valence-electron chi connectivity index (χ1n) is 5.55. The monoisotopic (exact) mass is 261 g/mol. The molecule has 0 bridgehead atoms. The van der Waals surface area contributed by atoms with Crippen LogP contribution in [0.15, 0.2) is 6.07 Å². The van der Waals surface area contributed by atoms with Crippen molar-refractivity contribution in [2.75, 3.05) is 30.4 Å². The highest BCUT2D eigenvalue weighted by Crippen LogP contribution is 2.21. The van der Waals surface area contributed by atoms with E-state index in [2.05, 4.69) is 15.6 Å². The molecule has 102 valence electrons. The summed E-state index contributed by atoms with van der Waals surface area (Å²) in [6, 6.07) is 0.697. The Morgan fingerprint density at radius 1 is 1.22 bits per heavy atom. The molecule has 0 amide bonds. The molecule has 1 heterocycles. The minimum absolute atomic E-state index is 0.0837. The Morgan fingerprint density at radius 2 is 1.78 bits per heavy atom. The molecule has 7 heteroatoms. The third-order valence-corrected chi connectivity index (χ3v) is 2.39. The molecule has 0 aromatic carbocycles. The van der Waals surface area contributed by atoms with Gasteiger partial charge in [-0.1, -0.05) is 0 Å². The summed E-state index contributed by atoms with van der Waals surface area (Å²) in [5.41, 5.74) is -1.13. The zero-order valence-corrected chi connectivity index (χ0v) is 10.3. The second-order valence-electron chi connectivity index (χ2n) is 4.18. The van der Waals surface area contributed by atoms with E-state index in [1.807, 2.05) is 0 Å². The van der Waals surface area contributed by atoms with Gasteiger partial charge < -0.3 is 20.8 Å². The van der Waals surface area contributed by atoms with Gasteiger partial charge in [0.2, 0.25) is 0 Å². The van der Waals surface area contributed by atoms with E-state index in [1.165, 1.54) is 6.92 Å². The van der Waals surface area contributed by atoms with Crippen LogP contribution in [0.3, 0.4) is 0 Å². The number of aromatic nitrogens is 1. The molecule has 0 saturated carbocycles. The number of hydrogen-bond donors (Lipinski definition) is 4. The van der Waals surface area contributed by atoms with Crippen LogP contribution in [0.4, 0.5) is 20.4 Å². The summed E-state index contributed by atoms with van der Waals surface area (Å²) >= 11 is 0. The maximum Gasteiger partial charge on any atom is 0.168 e. The maximum atomic E-state index is 13.5. The SMILES string of the molecule is CCNc1nc(NC(C)(CO)CO)c(F)cc1F. The fourth-order valence-electron chi connectivity index (χ4n) is 1.26. The Bertz CT molecular complexity index is 412. The van der Waals surface area contributed by atoms with Crippen molar-refractivity contribution < 1.29 is 19.0 Å². The van der Waals surface area contributed by atoms with Crippen LogP contribution < -0.4 is 10.6 Å². The summed E-state index contributed by atoms with van der Waals surface area (Å²) in [6.07, 6.45) is 0. The summed E-state index contributed by atoms with van der Waals surface area (Å²) in [7, 11) is 0. The van der Waals surface area contributed by atoms with Gasteiger partial charge in [-0.3, -0.25) is 0 Å². The van der Waals surface area contributed by atoms with E-state index < -0.39 is 30.4 Å². The lowest BCUT2D eigenvalue weighted by Gasteiger charge is -2.27. The smallest absolute Gasteiger partial charge is 0.168 e. The van der Waals surface area contributed by atoms with Crippen LogP contribution >= 0.6 is 0 Å². The van der Waals surface area contributed by atoms with Crippen LogP contribution in [0.25, 0.3) is 0 Å². The highest BCUT2D eigenvalue weighted by Gasteiger charge is 2.24. The number of anilines is 2. The minimum atomic E-state index is -1.13. The second kappa shape index (κ2) is 5.92. The molecule has 0 saturated heterocycles. The molecule has 18 heavy (non-hydrogen) atoms. The number of aliphatic hydroxyl groups excluding tert-OH is 2. The normalized spacial score (nSPS) is 11.4. The number of aliphatic hydroxyl groups is 2. The maximum absolute atomic E-state index is 13.5. The van der Waals surface area contributed by atoms with Crippen molar-refractivity contribution in [2.45, 2.75) is 19.4 Å². The molecule has 5 nitrogen and oxygen atoms in total. The number of nitrogens with one attached hydrogen (secondary N) is 2. The molecule has 0 aliphatic heterocycles. The van der Waals surface area contributed by atoms with Gasteiger partial charge in [-0.05, 0) is 13.8 Å². The molecule has 0 fully saturated rings. The molecule has 4 N–H and O–H groups in total. The standard InChI is InChI=1S/C11H17F2N3O2/c1-3-14-9-7(12)4-8(13)10(15-9)16-11(2,5-17)6-18/h4,17-18H,3,5-6H2,1-2H3,(H2,14,15,16). The van der Waals surface area contributed by atoms with Gasteiger partial charge in [0.05, 0.1) is 18.8 Å². The number of pyridine rings is 1. The largest absolute Gasteiger partial charge is 0.394 e. The van der Waals surface area contributed by atoms with Crippen molar-refractivity contribution in [1.29, 1.82) is 0 Å². The van der Waals surface area contributed by atoms with Gasteiger partial charge in [-0.2, -0.15) is 0 Å². The van der Waals surface area contributed by atoms with Crippen molar-refractivity contribution in [3.63, 3.8) is 0 Å². The number of hydrogen-bond acceptors (Lipinski definition) is 5. The fraction of sp³-hybridized carbons (Fsp3) is 0.545. The summed E-state index contributed by atoms with van der Waals surface area (Å²) in [5, 5.41) is 23.4. The van der Waals surface area contributed by atoms with E-state index in [4.69, 9.17) is 10.2 Å². The molecule has 0 unspecified atom stereocenters. The Labute approximate surface area is 104 Å². The first kappa shape index (κ1) is 14.6. The van der Waals surface area contributed by atoms with Crippen LogP contribution in [0.1, 0.15) is 13.8 Å². The molecular weight excluding hydrogens is 244 g/mol. The van der Waals surface area contributed by atoms with E-state index in [9.17, 15) is 8.78 Å². The predicted octanol–water partition coefficient (Wildman–Crippen LogP) is 0.947. The van der Waals surface area contributed by atoms with Crippen LogP contribution in [-0.4, -0.2) is 40.5 Å². The molecule has 1 aromatic rings. The predicted molar refractivity (Wildman–Crippen MR) is 64.5 cm³/mol. The van der Waals surface area contributed by atoms with Gasteiger partial charge >= 0.3 is 0 Å². The van der Waals surface area contributed by atoms with Crippen molar-refractivity contribution in [2.24, 2.45) is 0 Å². The molecule has 0 aliphatic carbocycles. The van der Waals surface area contributed by atoms with Crippen molar-refractivity contribution in [1.82, 2.24) is 4.98 Å². The third kappa shape index (κ3) is 3.27. The van der Waals surface area contributed by atoms with E-state index in [0.717, 1.165) is 0 Å². The molecule has 0 aliphatic rings. The fourth-order valence-corrected chi connectivity index (χ4v) is 1.26. The first-order valence-corrected chi connectivity index (χ1v) is 5.55. The molecule has 0 atom stereocenters. The van der Waals surface area contributed by atoms with Crippen LogP contribution in [0.2, 0.25) is 0 Å². The van der Waals surface area contributed by atoms with Crippen LogP contribution in [0, 0.1) is 11.6 Å². The minimum Gasteiger partial charge on any atom is -0.394 e. The van der Waals surface area contributed by atoms with Crippen LogP contribution in [-0.2, 0) is 0 Å². The Morgan fingerprint density at radius 3 is 2.28 bits per heavy atom. The lowest BCUT2D eigenvalue weighted by atomic mass is 10.1. The zero-order valence-electron chi connectivity index (χ0n) is 10.3. The van der Waals surface area contributed by atoms with Gasteiger partial charge in [0.25, 0.3) is 0 Å². The summed E-state index contributed by atoms with van der Waals surface area (Å²) in [4.78, 5) is 3.75. The van der Waals surface area contributed by atoms with Gasteiger partial charge in [-0.15, -0.1) is 0 Å². The average molecular weight is 261 g/mol. The lowest BCUT2D eigenvalue weighted by Crippen LogP contribution is -2.43. The molecular formula is C11H17F2N3O2. The molecule has 1 rings (SSSR count). The van der Waals surface area contributed by atoms with E-state index >= 15 is 0 Å². The van der Waals surface area contributed by atoms with E-state index in [-0.39, 0.29) is 11.6 Å². The van der Waals surface area contributed by atoms with Gasteiger partial charge in [0.1, 0.15) is 0 Å². The van der Waals surface area contributed by atoms with Gasteiger partial charge in [0, 0.05) is 12.6 Å². The summed E-state index contributed by atoms with van der Waals surface area (Å²) in [6.45, 7) is 2.84. The van der Waals surface area contributed by atoms with E-state index in [0.29, 0.717) is 12.6 Å². The highest BCUT2D eigenvalue weighted by molar-refractivity contribution is 5.48. The topological polar surface area (TPSA) is 77.4 Å². The zero-order chi connectivity index (χ0) is 13.8. The first-order chi connectivity index (χ1) is 8.45. The van der Waals surface area contributed by atoms with Crippen LogP contribution in [0.5, 0.6) is 0 Å². The van der Waals surface area contributed by atoms with E-state index in [1.54, 1.807) is 6.92 Å². The lowest BCUT2D eigenvalue weighted by molar-refractivity contribution is 0.147. The third-order valence-electron chi connectivity index (χ3n) is 2.39. The van der Waals surface area contributed by atoms with Gasteiger partial charge in [-0.25, -0.2) is 13.8 Å². The van der Waals surface area contributed by atoms with Gasteiger partial charge in [0.15, 0.2) is 23.3 Å². The van der Waals surface area contributed by atoms with Crippen molar-refractivity contribution in [3.8, 4) is 0 Å². The Balaban J connectivity index is 3.05. The summed E-state index contributed by atoms with van der Waals surface area (Å²) < 4.78 is 26.8. The summed E-state index contributed by atoms with van der Waals surface area (Å²) in [5.74, 6) is -1.99. The highest BCUT2D eigenvalue weighted by atomic mass is 19.1. The number of rotatable bonds is 6. The Hall–Kier alpha value is -1.47. The quantitative estimate of drug-likeness (QED) is 0.613. The number of nitrogens with zero attached hydrogens (tertiary/aromatic N) is 1. The van der Waals surface area contributed by atoms with Crippen molar-refractivity contribution in [3.05, 3.63) is 17.7 Å². The average Bonchev–Trinajstić information content (AvgIpc) is 2.35. The molecule has 0 spiro atoms. The second-order valence-corrected chi connectivity index (χ2v) is 4.18. The van der Waals surface area contributed by atoms with Crippen molar-refractivity contribution >= 4 is 11.6 Å². The molecule has 1 aromatic heterocycles. The Kier molecular flexibility index (Phi) is 4.80. The number of halogens is 2.